The molecule has 0 amide bonds. The predicted octanol–water partition coefficient (Wildman–Crippen LogP) is -0.237. The summed E-state index contributed by atoms with van der Waals surface area (Å²) in [5.41, 5.74) is 5.44. The van der Waals surface area contributed by atoms with Crippen molar-refractivity contribution in [1.82, 2.24) is 5.32 Å². The third-order valence-electron chi connectivity index (χ3n) is 2.20. The standard InChI is InChI=1S/C10H24N2O3S/c1-9(8-16(3,13)14)12-10(7-15-2)5-4-6-11/h9-10,12H,4-8,11H2,1-3H3. The maximum atomic E-state index is 11.1. The van der Waals surface area contributed by atoms with Crippen LogP contribution in [0.4, 0.5) is 0 Å². The van der Waals surface area contributed by atoms with Crippen molar-refractivity contribution in [3.05, 3.63) is 0 Å². The van der Waals surface area contributed by atoms with Gasteiger partial charge in [0.25, 0.3) is 0 Å². The molecule has 0 aromatic heterocycles. The van der Waals surface area contributed by atoms with Crippen LogP contribution in [0.2, 0.25) is 0 Å². The third kappa shape index (κ3) is 9.08. The Balaban J connectivity index is 4.06. The van der Waals surface area contributed by atoms with Crippen molar-refractivity contribution >= 4 is 9.84 Å². The first-order valence-corrected chi connectivity index (χ1v) is 7.58. The molecule has 0 fully saturated rings. The van der Waals surface area contributed by atoms with Crippen LogP contribution < -0.4 is 11.1 Å². The number of rotatable bonds is 9. The molecule has 16 heavy (non-hydrogen) atoms. The average Bonchev–Trinajstić information content (AvgIpc) is 2.11. The monoisotopic (exact) mass is 252 g/mol. The molecule has 0 heterocycles. The lowest BCUT2D eigenvalue weighted by Gasteiger charge is -2.22. The van der Waals surface area contributed by atoms with Gasteiger partial charge in [-0.15, -0.1) is 0 Å². The minimum absolute atomic E-state index is 0.0621. The fourth-order valence-electron chi connectivity index (χ4n) is 1.68. The zero-order chi connectivity index (χ0) is 12.6. The van der Waals surface area contributed by atoms with E-state index in [0.717, 1.165) is 12.8 Å². The SMILES string of the molecule is COCC(CCCN)NC(C)CS(C)(=O)=O. The van der Waals surface area contributed by atoms with Gasteiger partial charge in [0.2, 0.25) is 0 Å². The van der Waals surface area contributed by atoms with E-state index in [2.05, 4.69) is 5.32 Å². The van der Waals surface area contributed by atoms with E-state index in [4.69, 9.17) is 10.5 Å². The topological polar surface area (TPSA) is 81.4 Å². The number of ether oxygens (including phenoxy) is 1. The molecule has 0 bridgehead atoms. The van der Waals surface area contributed by atoms with Crippen molar-refractivity contribution in [3.63, 3.8) is 0 Å². The van der Waals surface area contributed by atoms with Gasteiger partial charge >= 0.3 is 0 Å². The fraction of sp³-hybridized carbons (Fsp3) is 1.00. The van der Waals surface area contributed by atoms with Gasteiger partial charge < -0.3 is 15.8 Å². The summed E-state index contributed by atoms with van der Waals surface area (Å²) in [5, 5.41) is 3.25. The van der Waals surface area contributed by atoms with Crippen LogP contribution in [0.15, 0.2) is 0 Å². The first kappa shape index (κ1) is 15.8. The van der Waals surface area contributed by atoms with Crippen LogP contribution in [-0.4, -0.2) is 52.8 Å². The zero-order valence-corrected chi connectivity index (χ0v) is 11.2. The van der Waals surface area contributed by atoms with Crippen LogP contribution >= 0.6 is 0 Å². The molecule has 0 aromatic carbocycles. The Labute approximate surface area is 98.7 Å². The van der Waals surface area contributed by atoms with Crippen molar-refractivity contribution in [3.8, 4) is 0 Å². The van der Waals surface area contributed by atoms with Crippen LogP contribution in [0.1, 0.15) is 19.8 Å². The van der Waals surface area contributed by atoms with Gasteiger partial charge in [-0.2, -0.15) is 0 Å². The molecule has 0 saturated carbocycles. The lowest BCUT2D eigenvalue weighted by molar-refractivity contribution is 0.158. The highest BCUT2D eigenvalue weighted by Crippen LogP contribution is 2.00. The molecule has 0 rings (SSSR count). The van der Waals surface area contributed by atoms with Crippen LogP contribution in [0.25, 0.3) is 0 Å². The van der Waals surface area contributed by atoms with Crippen LogP contribution in [0, 0.1) is 0 Å². The molecule has 2 atom stereocenters. The van der Waals surface area contributed by atoms with E-state index in [1.165, 1.54) is 6.26 Å². The second-order valence-electron chi connectivity index (χ2n) is 4.24. The quantitative estimate of drug-likeness (QED) is 0.592. The third-order valence-corrected chi connectivity index (χ3v) is 3.30. The molecular weight excluding hydrogens is 228 g/mol. The van der Waals surface area contributed by atoms with Gasteiger partial charge in [0.1, 0.15) is 9.84 Å². The minimum Gasteiger partial charge on any atom is -0.383 e. The van der Waals surface area contributed by atoms with Gasteiger partial charge in [-0.3, -0.25) is 0 Å². The highest BCUT2D eigenvalue weighted by Gasteiger charge is 2.15. The summed E-state index contributed by atoms with van der Waals surface area (Å²) >= 11 is 0. The van der Waals surface area contributed by atoms with Gasteiger partial charge in [-0.1, -0.05) is 0 Å². The predicted molar refractivity (Wildman–Crippen MR) is 66.3 cm³/mol. The number of nitrogens with two attached hydrogens (primary N) is 1. The molecule has 2 unspecified atom stereocenters. The Hall–Kier alpha value is -0.170. The van der Waals surface area contributed by atoms with Gasteiger partial charge in [-0.25, -0.2) is 8.42 Å². The van der Waals surface area contributed by atoms with Gasteiger partial charge in [-0.05, 0) is 26.3 Å². The summed E-state index contributed by atoms with van der Waals surface area (Å²) in [4.78, 5) is 0. The van der Waals surface area contributed by atoms with Crippen molar-refractivity contribution in [2.75, 3.05) is 32.3 Å². The molecule has 0 spiro atoms. The number of nitrogens with one attached hydrogen (secondary N) is 1. The van der Waals surface area contributed by atoms with Gasteiger partial charge in [0, 0.05) is 25.4 Å². The first-order valence-electron chi connectivity index (χ1n) is 5.51. The average molecular weight is 252 g/mol. The fourth-order valence-corrected chi connectivity index (χ4v) is 2.69. The molecule has 0 aromatic rings. The number of hydrogen-bond donors (Lipinski definition) is 2. The van der Waals surface area contributed by atoms with Crippen LogP contribution in [-0.2, 0) is 14.6 Å². The molecule has 0 saturated heterocycles. The first-order chi connectivity index (χ1) is 7.39. The minimum atomic E-state index is -2.93. The molecule has 0 aliphatic heterocycles. The molecule has 6 heteroatoms. The zero-order valence-electron chi connectivity index (χ0n) is 10.4. The summed E-state index contributed by atoms with van der Waals surface area (Å²) in [7, 11) is -1.30. The van der Waals surface area contributed by atoms with E-state index in [9.17, 15) is 8.42 Å². The second-order valence-corrected chi connectivity index (χ2v) is 6.43. The Kier molecular flexibility index (Phi) is 7.91. The van der Waals surface area contributed by atoms with E-state index >= 15 is 0 Å². The summed E-state index contributed by atoms with van der Waals surface area (Å²) in [6.45, 7) is 3.09. The normalized spacial score (nSPS) is 16.0. The Morgan fingerprint density at radius 1 is 1.44 bits per heavy atom. The molecule has 0 aliphatic rings. The maximum Gasteiger partial charge on any atom is 0.148 e. The highest BCUT2D eigenvalue weighted by atomic mass is 32.2. The largest absolute Gasteiger partial charge is 0.383 e. The Morgan fingerprint density at radius 3 is 2.50 bits per heavy atom. The molecule has 0 aliphatic carbocycles. The van der Waals surface area contributed by atoms with Crippen molar-refractivity contribution < 1.29 is 13.2 Å². The molecule has 0 radical (unpaired) electrons. The Bertz CT molecular complexity index is 267. The van der Waals surface area contributed by atoms with E-state index in [-0.39, 0.29) is 17.8 Å². The van der Waals surface area contributed by atoms with E-state index in [1.54, 1.807) is 7.11 Å². The van der Waals surface area contributed by atoms with Gasteiger partial charge in [0.15, 0.2) is 0 Å². The summed E-state index contributed by atoms with van der Waals surface area (Å²) in [5.74, 6) is 0.149. The lowest BCUT2D eigenvalue weighted by Crippen LogP contribution is -2.42. The van der Waals surface area contributed by atoms with E-state index < -0.39 is 9.84 Å². The number of hydrogen-bond acceptors (Lipinski definition) is 5. The lowest BCUT2D eigenvalue weighted by atomic mass is 10.1. The van der Waals surface area contributed by atoms with E-state index in [0.29, 0.717) is 13.2 Å². The van der Waals surface area contributed by atoms with E-state index in [1.807, 2.05) is 6.92 Å². The van der Waals surface area contributed by atoms with Gasteiger partial charge in [0.05, 0.1) is 12.4 Å². The van der Waals surface area contributed by atoms with Crippen molar-refractivity contribution in [2.45, 2.75) is 31.8 Å². The number of sulfone groups is 1. The molecule has 98 valence electrons. The van der Waals surface area contributed by atoms with Crippen molar-refractivity contribution in [1.29, 1.82) is 0 Å². The number of methoxy groups -OCH3 is 1. The maximum absolute atomic E-state index is 11.1. The molecule has 3 N–H and O–H groups in total. The summed E-state index contributed by atoms with van der Waals surface area (Å²) in [6, 6.07) is 0.109. The summed E-state index contributed by atoms with van der Waals surface area (Å²) < 4.78 is 27.3. The molecule has 5 nitrogen and oxygen atoms in total. The summed E-state index contributed by atoms with van der Waals surface area (Å²) in [6.07, 6.45) is 3.06. The molecular formula is C10H24N2O3S. The Morgan fingerprint density at radius 2 is 2.06 bits per heavy atom. The van der Waals surface area contributed by atoms with Crippen LogP contribution in [0.3, 0.4) is 0 Å². The second kappa shape index (κ2) is 8.00. The van der Waals surface area contributed by atoms with Crippen molar-refractivity contribution in [2.24, 2.45) is 5.73 Å². The van der Waals surface area contributed by atoms with Crippen LogP contribution in [0.5, 0.6) is 0 Å². The smallest absolute Gasteiger partial charge is 0.148 e. The highest BCUT2D eigenvalue weighted by molar-refractivity contribution is 7.90.